The minimum Gasteiger partial charge on any atom is -0.490 e. The number of carbonyl (C=O) groups excluding carboxylic acids is 1. The molecule has 0 aliphatic carbocycles. The van der Waals surface area contributed by atoms with E-state index in [-0.39, 0.29) is 24.4 Å². The maximum absolute atomic E-state index is 12.7. The molecule has 0 amide bonds. The summed E-state index contributed by atoms with van der Waals surface area (Å²) in [5.41, 5.74) is 15.2. The minimum atomic E-state index is -0.377. The lowest BCUT2D eigenvalue weighted by molar-refractivity contribution is -0.143. The Hall–Kier alpha value is -6.46. The molecule has 318 valence electrons. The van der Waals surface area contributed by atoms with Gasteiger partial charge in [-0.15, -0.1) is 11.8 Å². The van der Waals surface area contributed by atoms with E-state index in [2.05, 4.69) is 138 Å². The van der Waals surface area contributed by atoms with Gasteiger partial charge in [0.2, 0.25) is 0 Å². The van der Waals surface area contributed by atoms with Crippen LogP contribution >= 0.6 is 35.7 Å². The average molecular weight is 895 g/mol. The summed E-state index contributed by atoms with van der Waals surface area (Å²) in [6, 6.07) is 47.8. The number of hydrogen-bond acceptors (Lipinski definition) is 8. The van der Waals surface area contributed by atoms with Crippen molar-refractivity contribution in [2.45, 2.75) is 31.9 Å². The molecule has 0 radical (unpaired) electrons. The molecule has 3 aromatic heterocycles. The molecule has 0 spiro atoms. The number of hydrogen-bond donors (Lipinski definition) is 2. The van der Waals surface area contributed by atoms with Crippen LogP contribution in [0, 0.1) is 0 Å². The number of benzene rings is 4. The van der Waals surface area contributed by atoms with Crippen LogP contribution in [0.25, 0.3) is 90.9 Å². The quantitative estimate of drug-likeness (QED) is 0.0672. The molecular formula is C54H46N4O3S3. The van der Waals surface area contributed by atoms with Gasteiger partial charge in [-0.1, -0.05) is 140 Å². The van der Waals surface area contributed by atoms with Gasteiger partial charge in [0.15, 0.2) is 0 Å². The number of unbranched alkanes of at least 4 members (excludes halogenated alkanes) is 1. The lowest BCUT2D eigenvalue weighted by atomic mass is 10.0. The standard InChI is InChI=1S/C54H46N4O3S3/c1-3-4-34-63-54(62)64-35(2)53(59)61-33-32-60-40-22-20-39(21-23-40)52-47-30-28-45(57-47)50(37-16-10-6-11-17-37)43-26-24-41(55-43)49(36-14-8-5-9-15-36)42-25-27-44(56-42)51(38-18-12-7-13-19-38)46-29-31-48(52)58-46/h5-31,35,55,58H,3-4,32-34H2,1-2H3. The van der Waals surface area contributed by atoms with Crippen molar-refractivity contribution in [3.63, 3.8) is 0 Å². The van der Waals surface area contributed by atoms with E-state index >= 15 is 0 Å². The van der Waals surface area contributed by atoms with Crippen molar-refractivity contribution in [3.8, 4) is 50.3 Å². The Kier molecular flexibility index (Phi) is 13.3. The second kappa shape index (κ2) is 19.9. The molecule has 9 rings (SSSR count). The summed E-state index contributed by atoms with van der Waals surface area (Å²) < 4.78 is 12.4. The molecule has 5 heterocycles. The predicted molar refractivity (Wildman–Crippen MR) is 274 cm³/mol. The third kappa shape index (κ3) is 9.55. The SMILES string of the molecule is CCCCSC(=S)SC(C)C(=O)OCCOc1ccc(-c2c3nc(c(-c4ccccc4)c4ccc([nH]4)c(-c4ccccc4)c4nc(c(-c5ccccc5)c5ccc2[nH]5)C=C4)C=C3)cc1. The molecule has 0 saturated carbocycles. The van der Waals surface area contributed by atoms with Crippen LogP contribution in [-0.2, 0) is 9.53 Å². The maximum Gasteiger partial charge on any atom is 0.319 e. The Balaban J connectivity index is 1.14. The van der Waals surface area contributed by atoms with E-state index < -0.39 is 0 Å². The number of nitrogens with one attached hydrogen (secondary N) is 2. The van der Waals surface area contributed by atoms with Crippen LogP contribution in [0.4, 0.5) is 0 Å². The van der Waals surface area contributed by atoms with Crippen molar-refractivity contribution in [1.82, 2.24) is 19.9 Å². The Bertz CT molecular complexity index is 3000. The second-order valence-corrected chi connectivity index (χ2v) is 19.0. The summed E-state index contributed by atoms with van der Waals surface area (Å²) in [5.74, 6) is 1.33. The number of fused-ring (bicyclic) bond motifs is 8. The molecule has 7 nitrogen and oxygen atoms in total. The first-order valence-corrected chi connectivity index (χ1v) is 23.8. The molecule has 2 N–H and O–H groups in total. The van der Waals surface area contributed by atoms with Crippen LogP contribution in [0.5, 0.6) is 5.75 Å². The summed E-state index contributed by atoms with van der Waals surface area (Å²) in [4.78, 5) is 31.1. The first kappa shape index (κ1) is 42.8. The fourth-order valence-corrected chi connectivity index (χ4v) is 10.6. The molecule has 64 heavy (non-hydrogen) atoms. The summed E-state index contributed by atoms with van der Waals surface area (Å²) in [5, 5.41) is -0.377. The van der Waals surface area contributed by atoms with Gasteiger partial charge in [-0.2, -0.15) is 0 Å². The van der Waals surface area contributed by atoms with Crippen LogP contribution in [0.3, 0.4) is 0 Å². The molecular weight excluding hydrogens is 849 g/mol. The van der Waals surface area contributed by atoms with Gasteiger partial charge in [-0.05, 0) is 102 Å². The smallest absolute Gasteiger partial charge is 0.319 e. The Morgan fingerprint density at radius 3 is 1.39 bits per heavy atom. The second-order valence-electron chi connectivity index (χ2n) is 15.4. The van der Waals surface area contributed by atoms with E-state index in [1.807, 2.05) is 49.4 Å². The summed E-state index contributed by atoms with van der Waals surface area (Å²) >= 11 is 8.46. The van der Waals surface area contributed by atoms with Gasteiger partial charge in [0.1, 0.15) is 27.7 Å². The first-order valence-electron chi connectivity index (χ1n) is 21.5. The van der Waals surface area contributed by atoms with E-state index in [0.717, 1.165) is 111 Å². The van der Waals surface area contributed by atoms with Gasteiger partial charge < -0.3 is 19.4 Å². The molecule has 2 aliphatic heterocycles. The van der Waals surface area contributed by atoms with Gasteiger partial charge in [0, 0.05) is 44.3 Å². The van der Waals surface area contributed by atoms with Crippen LogP contribution in [0.1, 0.15) is 49.5 Å². The van der Waals surface area contributed by atoms with Crippen LogP contribution in [0.2, 0.25) is 0 Å². The normalized spacial score (nSPS) is 12.3. The largest absolute Gasteiger partial charge is 0.490 e. The highest BCUT2D eigenvalue weighted by molar-refractivity contribution is 8.47. The molecule has 10 heteroatoms. The van der Waals surface area contributed by atoms with Crippen LogP contribution in [0.15, 0.2) is 140 Å². The number of aromatic nitrogens is 4. The number of aromatic amines is 2. The summed E-state index contributed by atoms with van der Waals surface area (Å²) in [6.45, 7) is 4.34. The van der Waals surface area contributed by atoms with E-state index in [0.29, 0.717) is 5.75 Å². The van der Waals surface area contributed by atoms with Crippen molar-refractivity contribution in [2.75, 3.05) is 19.0 Å². The number of esters is 1. The maximum atomic E-state index is 12.7. The molecule has 0 saturated heterocycles. The predicted octanol–water partition coefficient (Wildman–Crippen LogP) is 14.2. The molecule has 1 unspecified atom stereocenters. The zero-order valence-electron chi connectivity index (χ0n) is 35.5. The lowest BCUT2D eigenvalue weighted by Crippen LogP contribution is -2.20. The third-order valence-corrected chi connectivity index (χ3v) is 13.8. The van der Waals surface area contributed by atoms with Gasteiger partial charge >= 0.3 is 5.97 Å². The molecule has 1 atom stereocenters. The molecule has 8 bridgehead atoms. The Labute approximate surface area is 387 Å². The van der Waals surface area contributed by atoms with E-state index in [9.17, 15) is 4.79 Å². The van der Waals surface area contributed by atoms with E-state index in [1.165, 1.54) is 11.8 Å². The number of ether oxygens (including phenoxy) is 2. The first-order chi connectivity index (χ1) is 31.4. The highest BCUT2D eigenvalue weighted by Crippen LogP contribution is 2.38. The van der Waals surface area contributed by atoms with Crippen LogP contribution in [-0.4, -0.2) is 53.7 Å². The van der Waals surface area contributed by atoms with E-state index in [1.54, 1.807) is 11.8 Å². The molecule has 2 aliphatic rings. The fraction of sp³-hybridized carbons (Fsp3) is 0.148. The summed E-state index contributed by atoms with van der Waals surface area (Å²) in [6.07, 6.45) is 10.6. The summed E-state index contributed by atoms with van der Waals surface area (Å²) in [7, 11) is 0. The monoisotopic (exact) mass is 894 g/mol. The highest BCUT2D eigenvalue weighted by Gasteiger charge is 2.20. The number of carbonyl (C=O) groups is 1. The number of thiocarbonyl (C=S) groups is 1. The highest BCUT2D eigenvalue weighted by atomic mass is 32.2. The molecule has 7 aromatic rings. The van der Waals surface area contributed by atoms with Crippen molar-refractivity contribution >= 4 is 91.6 Å². The number of thioether (sulfide) groups is 2. The Morgan fingerprint density at radius 2 is 0.984 bits per heavy atom. The number of nitrogens with zero attached hydrogens (tertiary/aromatic N) is 2. The number of H-pyrrole nitrogens is 2. The van der Waals surface area contributed by atoms with Gasteiger partial charge in [0.05, 0.1) is 22.8 Å². The lowest BCUT2D eigenvalue weighted by Gasteiger charge is -2.12. The minimum absolute atomic E-state index is 0.137. The van der Waals surface area contributed by atoms with Crippen molar-refractivity contribution in [1.29, 1.82) is 0 Å². The number of rotatable bonds is 13. The molecule has 0 fully saturated rings. The van der Waals surface area contributed by atoms with Crippen LogP contribution < -0.4 is 4.74 Å². The van der Waals surface area contributed by atoms with E-state index in [4.69, 9.17) is 31.7 Å². The van der Waals surface area contributed by atoms with Gasteiger partial charge in [0.25, 0.3) is 0 Å². The Morgan fingerprint density at radius 1 is 0.578 bits per heavy atom. The van der Waals surface area contributed by atoms with Gasteiger partial charge in [-0.3, -0.25) is 4.79 Å². The fourth-order valence-electron chi connectivity index (χ4n) is 7.90. The van der Waals surface area contributed by atoms with Crippen molar-refractivity contribution in [3.05, 3.63) is 162 Å². The van der Waals surface area contributed by atoms with Crippen molar-refractivity contribution < 1.29 is 14.3 Å². The molecule has 4 aromatic carbocycles. The topological polar surface area (TPSA) is 92.9 Å². The van der Waals surface area contributed by atoms with Crippen molar-refractivity contribution in [2.24, 2.45) is 0 Å². The third-order valence-electron chi connectivity index (χ3n) is 11.0. The van der Waals surface area contributed by atoms with Gasteiger partial charge in [-0.25, -0.2) is 9.97 Å². The average Bonchev–Trinajstić information content (AvgIpc) is 4.18. The zero-order chi connectivity index (χ0) is 43.8. The zero-order valence-corrected chi connectivity index (χ0v) is 38.0.